The Bertz CT molecular complexity index is 324. The van der Waals surface area contributed by atoms with E-state index in [0.717, 1.165) is 5.92 Å². The molecular formula is C15H27NS. The first kappa shape index (κ1) is 14.7. The number of nitrogens with one attached hydrogen (secondary N) is 1. The van der Waals surface area contributed by atoms with Gasteiger partial charge in [-0.1, -0.05) is 26.7 Å². The monoisotopic (exact) mass is 253 g/mol. The summed E-state index contributed by atoms with van der Waals surface area (Å²) < 4.78 is 0. The van der Waals surface area contributed by atoms with Gasteiger partial charge in [-0.25, -0.2) is 0 Å². The molecule has 0 fully saturated rings. The zero-order valence-electron chi connectivity index (χ0n) is 12.0. The highest BCUT2D eigenvalue weighted by Crippen LogP contribution is 2.34. The van der Waals surface area contributed by atoms with Crippen LogP contribution in [0.5, 0.6) is 0 Å². The average Bonchev–Trinajstić information content (AvgIpc) is 2.60. The standard InChI is InChI=1S/C15H27NS/c1-6-8-13(9-7-2)15(16-5)14-10-11(3)17-12(14)4/h10,13,15-16H,6-9H2,1-5H3. The highest BCUT2D eigenvalue weighted by Gasteiger charge is 2.22. The number of rotatable bonds is 7. The van der Waals surface area contributed by atoms with Gasteiger partial charge in [0.1, 0.15) is 0 Å². The van der Waals surface area contributed by atoms with Crippen molar-refractivity contribution < 1.29 is 0 Å². The Kier molecular flexibility index (Phi) is 6.21. The minimum Gasteiger partial charge on any atom is -0.313 e. The first-order valence-electron chi connectivity index (χ1n) is 6.88. The molecule has 2 heteroatoms. The van der Waals surface area contributed by atoms with E-state index < -0.39 is 0 Å². The molecule has 0 aliphatic carbocycles. The predicted molar refractivity (Wildman–Crippen MR) is 78.9 cm³/mol. The maximum Gasteiger partial charge on any atom is 0.0357 e. The van der Waals surface area contributed by atoms with Crippen molar-refractivity contribution in [2.45, 2.75) is 59.4 Å². The van der Waals surface area contributed by atoms with E-state index in [2.05, 4.69) is 46.1 Å². The maximum absolute atomic E-state index is 3.55. The molecule has 0 aromatic carbocycles. The highest BCUT2D eigenvalue weighted by atomic mass is 32.1. The zero-order chi connectivity index (χ0) is 12.8. The largest absolute Gasteiger partial charge is 0.313 e. The molecule has 1 heterocycles. The molecule has 0 saturated heterocycles. The molecule has 1 nitrogen and oxygen atoms in total. The van der Waals surface area contributed by atoms with Gasteiger partial charge in [0.2, 0.25) is 0 Å². The fraction of sp³-hybridized carbons (Fsp3) is 0.733. The van der Waals surface area contributed by atoms with Gasteiger partial charge in [-0.05, 0) is 51.3 Å². The third-order valence-electron chi connectivity index (χ3n) is 3.52. The Balaban J connectivity index is 2.90. The van der Waals surface area contributed by atoms with E-state index >= 15 is 0 Å². The lowest BCUT2D eigenvalue weighted by atomic mass is 9.86. The third kappa shape index (κ3) is 3.82. The summed E-state index contributed by atoms with van der Waals surface area (Å²) in [5, 5.41) is 3.55. The molecule has 1 rings (SSSR count). The molecule has 1 N–H and O–H groups in total. The average molecular weight is 253 g/mol. The van der Waals surface area contributed by atoms with E-state index in [1.807, 2.05) is 11.3 Å². The summed E-state index contributed by atoms with van der Waals surface area (Å²) in [6, 6.07) is 2.92. The molecule has 0 spiro atoms. The van der Waals surface area contributed by atoms with Crippen LogP contribution in [0.1, 0.15) is 60.9 Å². The second-order valence-electron chi connectivity index (χ2n) is 4.97. The van der Waals surface area contributed by atoms with Crippen LogP contribution >= 0.6 is 11.3 Å². The van der Waals surface area contributed by atoms with Crippen LogP contribution in [-0.2, 0) is 0 Å². The molecule has 0 aliphatic rings. The molecule has 98 valence electrons. The van der Waals surface area contributed by atoms with Crippen molar-refractivity contribution in [3.8, 4) is 0 Å². The molecule has 1 atom stereocenters. The Hall–Kier alpha value is -0.340. The van der Waals surface area contributed by atoms with Gasteiger partial charge in [0.15, 0.2) is 0 Å². The van der Waals surface area contributed by atoms with Gasteiger partial charge >= 0.3 is 0 Å². The summed E-state index contributed by atoms with van der Waals surface area (Å²) in [6.07, 6.45) is 5.22. The van der Waals surface area contributed by atoms with Gasteiger partial charge in [0.25, 0.3) is 0 Å². The smallest absolute Gasteiger partial charge is 0.0357 e. The van der Waals surface area contributed by atoms with Crippen molar-refractivity contribution in [1.82, 2.24) is 5.32 Å². The van der Waals surface area contributed by atoms with Gasteiger partial charge < -0.3 is 5.32 Å². The fourth-order valence-electron chi connectivity index (χ4n) is 2.82. The minimum atomic E-state index is 0.542. The van der Waals surface area contributed by atoms with E-state index in [9.17, 15) is 0 Å². The van der Waals surface area contributed by atoms with E-state index in [0.29, 0.717) is 6.04 Å². The van der Waals surface area contributed by atoms with Crippen LogP contribution in [0.25, 0.3) is 0 Å². The Morgan fingerprint density at radius 1 is 1.18 bits per heavy atom. The van der Waals surface area contributed by atoms with Crippen LogP contribution in [0.3, 0.4) is 0 Å². The van der Waals surface area contributed by atoms with Crippen molar-refractivity contribution in [1.29, 1.82) is 0 Å². The van der Waals surface area contributed by atoms with Crippen LogP contribution in [0.4, 0.5) is 0 Å². The van der Waals surface area contributed by atoms with E-state index in [-0.39, 0.29) is 0 Å². The number of aryl methyl sites for hydroxylation is 2. The van der Waals surface area contributed by atoms with Gasteiger partial charge in [-0.15, -0.1) is 11.3 Å². The van der Waals surface area contributed by atoms with Crippen molar-refractivity contribution >= 4 is 11.3 Å². The van der Waals surface area contributed by atoms with Crippen LogP contribution < -0.4 is 5.32 Å². The Labute approximate surface area is 111 Å². The van der Waals surface area contributed by atoms with Crippen molar-refractivity contribution in [2.75, 3.05) is 7.05 Å². The lowest BCUT2D eigenvalue weighted by molar-refractivity contribution is 0.330. The lowest BCUT2D eigenvalue weighted by Gasteiger charge is -2.27. The second-order valence-corrected chi connectivity index (χ2v) is 6.43. The first-order valence-corrected chi connectivity index (χ1v) is 7.69. The summed E-state index contributed by atoms with van der Waals surface area (Å²) in [7, 11) is 2.11. The Morgan fingerprint density at radius 3 is 2.12 bits per heavy atom. The molecule has 0 bridgehead atoms. The van der Waals surface area contributed by atoms with E-state index in [1.165, 1.54) is 41.0 Å². The lowest BCUT2D eigenvalue weighted by Crippen LogP contribution is -2.25. The molecule has 0 amide bonds. The van der Waals surface area contributed by atoms with E-state index in [4.69, 9.17) is 0 Å². The summed E-state index contributed by atoms with van der Waals surface area (Å²) in [4.78, 5) is 2.92. The molecule has 0 radical (unpaired) electrons. The Morgan fingerprint density at radius 2 is 1.76 bits per heavy atom. The van der Waals surface area contributed by atoms with Crippen LogP contribution in [0.2, 0.25) is 0 Å². The minimum absolute atomic E-state index is 0.542. The fourth-order valence-corrected chi connectivity index (χ4v) is 3.80. The molecule has 1 aromatic heterocycles. The van der Waals surface area contributed by atoms with E-state index in [1.54, 1.807) is 0 Å². The van der Waals surface area contributed by atoms with Gasteiger partial charge in [0.05, 0.1) is 0 Å². The predicted octanol–water partition coefficient (Wildman–Crippen LogP) is 4.84. The third-order valence-corrected chi connectivity index (χ3v) is 4.50. The van der Waals surface area contributed by atoms with Crippen LogP contribution in [0, 0.1) is 19.8 Å². The number of hydrogen-bond donors (Lipinski definition) is 1. The number of thiophene rings is 1. The summed E-state index contributed by atoms with van der Waals surface area (Å²) in [5.74, 6) is 0.780. The summed E-state index contributed by atoms with van der Waals surface area (Å²) >= 11 is 1.93. The van der Waals surface area contributed by atoms with Crippen LogP contribution in [-0.4, -0.2) is 7.05 Å². The normalized spacial score (nSPS) is 13.3. The van der Waals surface area contributed by atoms with Gasteiger partial charge in [-0.3, -0.25) is 0 Å². The summed E-state index contributed by atoms with van der Waals surface area (Å²) in [6.45, 7) is 9.05. The summed E-state index contributed by atoms with van der Waals surface area (Å²) in [5.41, 5.74) is 1.53. The topological polar surface area (TPSA) is 12.0 Å². The first-order chi connectivity index (χ1) is 8.13. The van der Waals surface area contributed by atoms with Gasteiger partial charge in [-0.2, -0.15) is 0 Å². The SMILES string of the molecule is CCCC(CCC)C(NC)c1cc(C)sc1C. The zero-order valence-corrected chi connectivity index (χ0v) is 12.8. The number of hydrogen-bond acceptors (Lipinski definition) is 2. The maximum atomic E-state index is 3.55. The van der Waals surface area contributed by atoms with Crippen molar-refractivity contribution in [3.63, 3.8) is 0 Å². The molecule has 0 saturated carbocycles. The van der Waals surface area contributed by atoms with Gasteiger partial charge in [0, 0.05) is 15.8 Å². The van der Waals surface area contributed by atoms with Crippen molar-refractivity contribution in [2.24, 2.45) is 5.92 Å². The van der Waals surface area contributed by atoms with Crippen LogP contribution in [0.15, 0.2) is 6.07 Å². The highest BCUT2D eigenvalue weighted by molar-refractivity contribution is 7.12. The second kappa shape index (κ2) is 7.17. The molecule has 1 aromatic rings. The molecule has 17 heavy (non-hydrogen) atoms. The quantitative estimate of drug-likeness (QED) is 0.733. The molecule has 1 unspecified atom stereocenters. The van der Waals surface area contributed by atoms with Crippen molar-refractivity contribution in [3.05, 3.63) is 21.4 Å². The molecular weight excluding hydrogens is 226 g/mol. The molecule has 0 aliphatic heterocycles.